The van der Waals surface area contributed by atoms with E-state index in [1.54, 1.807) is 20.8 Å². The zero-order chi connectivity index (χ0) is 26.2. The summed E-state index contributed by atoms with van der Waals surface area (Å²) >= 11 is 0. The smallest absolute Gasteiger partial charge is 0.438 e. The van der Waals surface area contributed by atoms with E-state index < -0.39 is 57.1 Å². The summed E-state index contributed by atoms with van der Waals surface area (Å²) in [6.45, 7) is 6.06. The Kier molecular flexibility index (Phi) is 7.77. The number of benzene rings is 1. The Morgan fingerprint density at radius 2 is 1.48 bits per heavy atom. The zero-order valence-corrected chi connectivity index (χ0v) is 18.8. The second-order valence-corrected chi connectivity index (χ2v) is 9.43. The molecule has 188 valence electrons. The van der Waals surface area contributed by atoms with Crippen molar-refractivity contribution in [2.45, 2.75) is 51.2 Å². The molecule has 0 fully saturated rings. The molecule has 1 amide bonds. The van der Waals surface area contributed by atoms with Crippen LogP contribution >= 0.6 is 0 Å². The van der Waals surface area contributed by atoms with Crippen LogP contribution in [-0.4, -0.2) is 61.4 Å². The number of anilines is 1. The molecule has 0 unspecified atom stereocenters. The molecule has 0 spiro atoms. The molecule has 0 aliphatic heterocycles. The van der Waals surface area contributed by atoms with Gasteiger partial charge in [-0.3, -0.25) is 9.45 Å². The Morgan fingerprint density at radius 3 is 1.85 bits per heavy atom. The minimum Gasteiger partial charge on any atom is -0.443 e. The fraction of sp³-hybridized carbons (Fsp3) is 0.556. The van der Waals surface area contributed by atoms with E-state index in [1.165, 1.54) is 14.0 Å². The molecule has 0 saturated heterocycles. The van der Waals surface area contributed by atoms with E-state index in [9.17, 15) is 44.3 Å². The molecule has 15 heteroatoms. The molecule has 1 aromatic carbocycles. The molecule has 0 radical (unpaired) electrons. The lowest BCUT2D eigenvalue weighted by atomic mass is 10.0. The number of rotatable bonds is 5. The number of ether oxygens (including phenoxy) is 2. The first kappa shape index (κ1) is 28.5. The Bertz CT molecular complexity index is 999. The molecule has 0 aliphatic rings. The van der Waals surface area contributed by atoms with Crippen molar-refractivity contribution in [3.8, 4) is 0 Å². The highest BCUT2D eigenvalue weighted by Crippen LogP contribution is 2.47. The summed E-state index contributed by atoms with van der Waals surface area (Å²) in [6.07, 6.45) is -13.7. The standard InChI is InChI=1S/C18H21F6NO7S/c1-10-8-11(6-7-12(10)25(5)14(27)32-15(2,3)4)13(26)31-16(17(19,20)21,18(22,23)24)9-33(28,29)30/h6-8H,9H2,1-5H3,(H,28,29,30). The van der Waals surface area contributed by atoms with Gasteiger partial charge in [-0.25, -0.2) is 9.59 Å². The van der Waals surface area contributed by atoms with Gasteiger partial charge >= 0.3 is 30.0 Å². The summed E-state index contributed by atoms with van der Waals surface area (Å²) < 4.78 is 119. The molecule has 1 rings (SSSR count). The minimum absolute atomic E-state index is 0.0669. The zero-order valence-electron chi connectivity index (χ0n) is 18.0. The van der Waals surface area contributed by atoms with Crippen LogP contribution in [0.3, 0.4) is 0 Å². The van der Waals surface area contributed by atoms with E-state index in [4.69, 9.17) is 9.29 Å². The van der Waals surface area contributed by atoms with Gasteiger partial charge in [0.15, 0.2) is 0 Å². The first-order chi connectivity index (χ1) is 14.5. The number of esters is 1. The largest absolute Gasteiger partial charge is 0.443 e. The third-order valence-electron chi connectivity index (χ3n) is 4.03. The number of nitrogens with zero attached hydrogens (tertiary/aromatic N) is 1. The van der Waals surface area contributed by atoms with Crippen molar-refractivity contribution >= 4 is 27.9 Å². The maximum atomic E-state index is 13.3. The monoisotopic (exact) mass is 509 g/mol. The first-order valence-corrected chi connectivity index (χ1v) is 10.5. The van der Waals surface area contributed by atoms with Crippen molar-refractivity contribution in [2.75, 3.05) is 17.7 Å². The van der Waals surface area contributed by atoms with Crippen molar-refractivity contribution in [3.05, 3.63) is 29.3 Å². The van der Waals surface area contributed by atoms with Crippen molar-refractivity contribution in [2.24, 2.45) is 0 Å². The lowest BCUT2D eigenvalue weighted by molar-refractivity contribution is -0.356. The van der Waals surface area contributed by atoms with E-state index in [-0.39, 0.29) is 11.3 Å². The summed E-state index contributed by atoms with van der Waals surface area (Å²) in [5.41, 5.74) is -7.02. The number of hydrogen-bond donors (Lipinski definition) is 1. The molecule has 0 aliphatic carbocycles. The number of carbonyl (C=O) groups is 2. The van der Waals surface area contributed by atoms with Crippen LogP contribution in [0, 0.1) is 6.92 Å². The fourth-order valence-electron chi connectivity index (χ4n) is 2.53. The van der Waals surface area contributed by atoms with Gasteiger partial charge in [0.2, 0.25) is 0 Å². The molecule has 0 heterocycles. The molecule has 33 heavy (non-hydrogen) atoms. The maximum Gasteiger partial charge on any atom is 0.438 e. The van der Waals surface area contributed by atoms with Crippen LogP contribution in [0.1, 0.15) is 36.7 Å². The van der Waals surface area contributed by atoms with Crippen LogP contribution in [-0.2, 0) is 19.6 Å². The summed E-state index contributed by atoms with van der Waals surface area (Å²) in [5.74, 6) is -5.15. The molecule has 0 bridgehead atoms. The van der Waals surface area contributed by atoms with Crippen LogP contribution in [0.25, 0.3) is 0 Å². The Balaban J connectivity index is 3.38. The molecule has 0 aromatic heterocycles. The molecule has 8 nitrogen and oxygen atoms in total. The number of halogens is 6. The van der Waals surface area contributed by atoms with E-state index in [0.717, 1.165) is 23.1 Å². The molecule has 0 atom stereocenters. The fourth-order valence-corrected chi connectivity index (χ4v) is 3.43. The normalized spacial score (nSPS) is 13.5. The quantitative estimate of drug-likeness (QED) is 0.359. The lowest BCUT2D eigenvalue weighted by Crippen LogP contribution is -2.63. The van der Waals surface area contributed by atoms with Crippen LogP contribution < -0.4 is 4.90 Å². The first-order valence-electron chi connectivity index (χ1n) is 8.90. The third kappa shape index (κ3) is 6.96. The Morgan fingerprint density at radius 1 is 1.00 bits per heavy atom. The van der Waals surface area contributed by atoms with E-state index in [0.29, 0.717) is 0 Å². The molecule has 1 N–H and O–H groups in total. The number of amides is 1. The van der Waals surface area contributed by atoms with E-state index in [2.05, 4.69) is 4.74 Å². The van der Waals surface area contributed by atoms with Gasteiger partial charge < -0.3 is 9.47 Å². The maximum absolute atomic E-state index is 13.3. The summed E-state index contributed by atoms with van der Waals surface area (Å²) in [4.78, 5) is 25.3. The number of hydrogen-bond acceptors (Lipinski definition) is 6. The average Bonchev–Trinajstić information content (AvgIpc) is 2.55. The number of carbonyl (C=O) groups excluding carboxylic acids is 2. The SMILES string of the molecule is Cc1cc(C(=O)OC(CS(=O)(=O)O)(C(F)(F)F)C(F)(F)F)ccc1N(C)C(=O)OC(C)(C)C. The predicted molar refractivity (Wildman–Crippen MR) is 102 cm³/mol. The van der Waals surface area contributed by atoms with Crippen LogP contribution in [0.15, 0.2) is 18.2 Å². The van der Waals surface area contributed by atoms with Gasteiger partial charge in [0, 0.05) is 12.7 Å². The Labute approximate surface area is 185 Å². The van der Waals surface area contributed by atoms with Gasteiger partial charge in [0.05, 0.1) is 5.56 Å². The molecule has 1 aromatic rings. The van der Waals surface area contributed by atoms with Crippen molar-refractivity contribution < 1.29 is 58.4 Å². The topological polar surface area (TPSA) is 110 Å². The molecular formula is C18H21F6NO7S. The van der Waals surface area contributed by atoms with Gasteiger partial charge in [-0.2, -0.15) is 34.8 Å². The van der Waals surface area contributed by atoms with Crippen LogP contribution in [0.4, 0.5) is 36.8 Å². The van der Waals surface area contributed by atoms with Gasteiger partial charge in [-0.05, 0) is 51.5 Å². The van der Waals surface area contributed by atoms with Gasteiger partial charge in [0.1, 0.15) is 11.4 Å². The van der Waals surface area contributed by atoms with Crippen molar-refractivity contribution in [3.63, 3.8) is 0 Å². The second-order valence-electron chi connectivity index (χ2n) is 7.98. The van der Waals surface area contributed by atoms with E-state index in [1.807, 2.05) is 0 Å². The van der Waals surface area contributed by atoms with E-state index >= 15 is 0 Å². The minimum atomic E-state index is -6.44. The highest BCUT2D eigenvalue weighted by molar-refractivity contribution is 7.85. The van der Waals surface area contributed by atoms with Gasteiger partial charge in [-0.15, -0.1) is 0 Å². The van der Waals surface area contributed by atoms with Gasteiger partial charge in [-0.1, -0.05) is 0 Å². The van der Waals surface area contributed by atoms with Crippen molar-refractivity contribution in [1.82, 2.24) is 0 Å². The summed E-state index contributed by atoms with van der Waals surface area (Å²) in [7, 11) is -4.63. The highest BCUT2D eigenvalue weighted by Gasteiger charge is 2.76. The number of aryl methyl sites for hydroxylation is 1. The molecular weight excluding hydrogens is 488 g/mol. The molecule has 0 saturated carbocycles. The number of alkyl halides is 6. The highest BCUT2D eigenvalue weighted by atomic mass is 32.2. The predicted octanol–water partition coefficient (Wildman–Crippen LogP) is 4.27. The van der Waals surface area contributed by atoms with Crippen LogP contribution in [0.2, 0.25) is 0 Å². The third-order valence-corrected chi connectivity index (χ3v) is 4.80. The summed E-state index contributed by atoms with van der Waals surface area (Å²) in [5, 5.41) is 0. The summed E-state index contributed by atoms with van der Waals surface area (Å²) in [6, 6.07) is 2.65. The Hall–Kier alpha value is -2.55. The van der Waals surface area contributed by atoms with Crippen LogP contribution in [0.5, 0.6) is 0 Å². The lowest BCUT2D eigenvalue weighted by Gasteiger charge is -2.35. The van der Waals surface area contributed by atoms with Crippen molar-refractivity contribution in [1.29, 1.82) is 0 Å². The second kappa shape index (κ2) is 9.00. The van der Waals surface area contributed by atoms with Gasteiger partial charge in [0.25, 0.3) is 10.1 Å². The average molecular weight is 509 g/mol.